The highest BCUT2D eigenvalue weighted by molar-refractivity contribution is 7.89. The summed E-state index contributed by atoms with van der Waals surface area (Å²) in [6.07, 6.45) is 1.73. The lowest BCUT2D eigenvalue weighted by Crippen LogP contribution is -2.41. The first-order valence-corrected chi connectivity index (χ1v) is 7.54. The van der Waals surface area contributed by atoms with E-state index >= 15 is 0 Å². The van der Waals surface area contributed by atoms with Gasteiger partial charge in [-0.15, -0.1) is 0 Å². The average molecular weight is 269 g/mol. The summed E-state index contributed by atoms with van der Waals surface area (Å²) in [5, 5.41) is 9.37. The van der Waals surface area contributed by atoms with Crippen molar-refractivity contribution in [2.45, 2.75) is 31.6 Å². The van der Waals surface area contributed by atoms with E-state index in [2.05, 4.69) is 13.8 Å². The molecule has 100 valence electrons. The summed E-state index contributed by atoms with van der Waals surface area (Å²) >= 11 is 0. The van der Waals surface area contributed by atoms with Crippen LogP contribution in [-0.2, 0) is 10.0 Å². The first-order valence-electron chi connectivity index (χ1n) is 6.10. The van der Waals surface area contributed by atoms with Crippen LogP contribution in [0.5, 0.6) is 5.75 Å². The predicted octanol–water partition coefficient (Wildman–Crippen LogP) is 2.20. The van der Waals surface area contributed by atoms with Crippen LogP contribution in [0.1, 0.15) is 26.7 Å². The molecule has 0 amide bonds. The Morgan fingerprint density at radius 3 is 2.39 bits per heavy atom. The van der Waals surface area contributed by atoms with Gasteiger partial charge in [-0.25, -0.2) is 8.42 Å². The van der Waals surface area contributed by atoms with Gasteiger partial charge in [-0.05, 0) is 36.5 Å². The molecule has 1 aliphatic heterocycles. The van der Waals surface area contributed by atoms with Crippen LogP contribution in [0.15, 0.2) is 29.2 Å². The lowest BCUT2D eigenvalue weighted by atomic mass is 9.83. The van der Waals surface area contributed by atoms with Crippen molar-refractivity contribution in [3.05, 3.63) is 24.3 Å². The summed E-state index contributed by atoms with van der Waals surface area (Å²) in [6, 6.07) is 5.85. The molecule has 5 heteroatoms. The average Bonchev–Trinajstić information content (AvgIpc) is 2.28. The van der Waals surface area contributed by atoms with Crippen molar-refractivity contribution in [3.8, 4) is 5.75 Å². The highest BCUT2D eigenvalue weighted by atomic mass is 32.2. The van der Waals surface area contributed by atoms with Gasteiger partial charge in [0, 0.05) is 13.1 Å². The van der Waals surface area contributed by atoms with Gasteiger partial charge in [0.05, 0.1) is 4.90 Å². The molecular weight excluding hydrogens is 250 g/mol. The smallest absolute Gasteiger partial charge is 0.243 e. The van der Waals surface area contributed by atoms with E-state index in [0.717, 1.165) is 12.8 Å². The fourth-order valence-corrected chi connectivity index (χ4v) is 3.61. The number of phenols is 1. The third-order valence-corrected chi connectivity index (χ3v) is 5.43. The Kier molecular flexibility index (Phi) is 3.38. The SMILES string of the molecule is CC1(C)CCN(S(=O)(=O)c2cccc(O)c2)CC1. The molecule has 1 fully saturated rings. The van der Waals surface area contributed by atoms with Crippen LogP contribution < -0.4 is 0 Å². The molecule has 0 unspecified atom stereocenters. The van der Waals surface area contributed by atoms with E-state index in [4.69, 9.17) is 0 Å². The molecule has 1 heterocycles. The van der Waals surface area contributed by atoms with E-state index < -0.39 is 10.0 Å². The first kappa shape index (κ1) is 13.4. The Morgan fingerprint density at radius 2 is 1.83 bits per heavy atom. The van der Waals surface area contributed by atoms with Crippen LogP contribution in [0.3, 0.4) is 0 Å². The number of hydrogen-bond acceptors (Lipinski definition) is 3. The van der Waals surface area contributed by atoms with Gasteiger partial charge >= 0.3 is 0 Å². The molecule has 0 aromatic heterocycles. The Morgan fingerprint density at radius 1 is 1.22 bits per heavy atom. The van der Waals surface area contributed by atoms with Crippen LogP contribution in [-0.4, -0.2) is 30.9 Å². The van der Waals surface area contributed by atoms with Crippen LogP contribution in [0.4, 0.5) is 0 Å². The van der Waals surface area contributed by atoms with Gasteiger partial charge in [-0.3, -0.25) is 0 Å². The highest BCUT2D eigenvalue weighted by Crippen LogP contribution is 2.32. The molecular formula is C13H19NO3S. The fraction of sp³-hybridized carbons (Fsp3) is 0.538. The Balaban J connectivity index is 2.23. The van der Waals surface area contributed by atoms with Gasteiger partial charge in [-0.1, -0.05) is 19.9 Å². The second-order valence-electron chi connectivity index (χ2n) is 5.57. The molecule has 1 saturated heterocycles. The molecule has 1 aliphatic rings. The Labute approximate surface area is 108 Å². The summed E-state index contributed by atoms with van der Waals surface area (Å²) in [4.78, 5) is 0.169. The van der Waals surface area contributed by atoms with E-state index in [-0.39, 0.29) is 16.1 Å². The molecule has 1 N–H and O–H groups in total. The maximum Gasteiger partial charge on any atom is 0.243 e. The number of nitrogens with zero attached hydrogens (tertiary/aromatic N) is 1. The molecule has 0 radical (unpaired) electrons. The minimum Gasteiger partial charge on any atom is -0.508 e. The van der Waals surface area contributed by atoms with Crippen molar-refractivity contribution in [1.82, 2.24) is 4.31 Å². The zero-order valence-corrected chi connectivity index (χ0v) is 11.6. The van der Waals surface area contributed by atoms with E-state index in [1.165, 1.54) is 22.5 Å². The molecule has 0 bridgehead atoms. The quantitative estimate of drug-likeness (QED) is 0.895. The second-order valence-corrected chi connectivity index (χ2v) is 7.50. The van der Waals surface area contributed by atoms with Gasteiger partial charge in [0.2, 0.25) is 10.0 Å². The van der Waals surface area contributed by atoms with Crippen LogP contribution in [0.2, 0.25) is 0 Å². The molecule has 0 saturated carbocycles. The maximum atomic E-state index is 12.4. The van der Waals surface area contributed by atoms with Crippen molar-refractivity contribution in [3.63, 3.8) is 0 Å². The van der Waals surface area contributed by atoms with Gasteiger partial charge in [-0.2, -0.15) is 4.31 Å². The zero-order valence-electron chi connectivity index (χ0n) is 10.8. The van der Waals surface area contributed by atoms with Crippen LogP contribution >= 0.6 is 0 Å². The molecule has 0 aliphatic carbocycles. The maximum absolute atomic E-state index is 12.4. The van der Waals surface area contributed by atoms with Gasteiger partial charge < -0.3 is 5.11 Å². The molecule has 18 heavy (non-hydrogen) atoms. The van der Waals surface area contributed by atoms with Crippen molar-refractivity contribution in [2.75, 3.05) is 13.1 Å². The third-order valence-electron chi connectivity index (χ3n) is 3.53. The number of hydrogen-bond donors (Lipinski definition) is 1. The van der Waals surface area contributed by atoms with E-state index in [1.807, 2.05) is 0 Å². The number of phenolic OH excluding ortho intramolecular Hbond substituents is 1. The monoisotopic (exact) mass is 269 g/mol. The van der Waals surface area contributed by atoms with Gasteiger partial charge in [0.15, 0.2) is 0 Å². The van der Waals surface area contributed by atoms with Crippen molar-refractivity contribution < 1.29 is 13.5 Å². The zero-order chi connectivity index (χ0) is 13.4. The van der Waals surface area contributed by atoms with Gasteiger partial charge in [0.25, 0.3) is 0 Å². The number of rotatable bonds is 2. The standard InChI is InChI=1S/C13H19NO3S/c1-13(2)6-8-14(9-7-13)18(16,17)12-5-3-4-11(15)10-12/h3-5,10,15H,6-9H2,1-2H3. The first-order chi connectivity index (χ1) is 8.31. The Hall–Kier alpha value is -1.07. The van der Waals surface area contributed by atoms with Crippen LogP contribution in [0, 0.1) is 5.41 Å². The lowest BCUT2D eigenvalue weighted by Gasteiger charge is -2.36. The summed E-state index contributed by atoms with van der Waals surface area (Å²) in [5.74, 6) is -0.0200. The molecule has 4 nitrogen and oxygen atoms in total. The molecule has 1 aromatic rings. The fourth-order valence-electron chi connectivity index (χ4n) is 2.12. The number of piperidine rings is 1. The number of sulfonamides is 1. The van der Waals surface area contributed by atoms with E-state index in [0.29, 0.717) is 13.1 Å². The summed E-state index contributed by atoms with van der Waals surface area (Å²) in [7, 11) is -3.46. The second kappa shape index (κ2) is 4.55. The predicted molar refractivity (Wildman–Crippen MR) is 69.9 cm³/mol. The molecule has 2 rings (SSSR count). The third kappa shape index (κ3) is 2.67. The Bertz CT molecular complexity index is 527. The van der Waals surface area contributed by atoms with Crippen LogP contribution in [0.25, 0.3) is 0 Å². The van der Waals surface area contributed by atoms with Crippen molar-refractivity contribution in [1.29, 1.82) is 0 Å². The summed E-state index contributed by atoms with van der Waals surface area (Å²) < 4.78 is 26.2. The lowest BCUT2D eigenvalue weighted by molar-refractivity contribution is 0.196. The molecule has 0 atom stereocenters. The summed E-state index contributed by atoms with van der Waals surface area (Å²) in [5.41, 5.74) is 0.213. The minimum atomic E-state index is -3.46. The topological polar surface area (TPSA) is 57.6 Å². The highest BCUT2D eigenvalue weighted by Gasteiger charge is 2.32. The van der Waals surface area contributed by atoms with Crippen molar-refractivity contribution >= 4 is 10.0 Å². The molecule has 0 spiro atoms. The van der Waals surface area contributed by atoms with Crippen molar-refractivity contribution in [2.24, 2.45) is 5.41 Å². The number of aromatic hydroxyl groups is 1. The van der Waals surface area contributed by atoms with Gasteiger partial charge in [0.1, 0.15) is 5.75 Å². The normalized spacial score (nSPS) is 20.8. The van der Waals surface area contributed by atoms with E-state index in [1.54, 1.807) is 6.07 Å². The molecule has 1 aromatic carbocycles. The largest absolute Gasteiger partial charge is 0.508 e. The summed E-state index contributed by atoms with van der Waals surface area (Å²) in [6.45, 7) is 5.41. The van der Waals surface area contributed by atoms with E-state index in [9.17, 15) is 13.5 Å². The minimum absolute atomic E-state index is 0.0200. The number of benzene rings is 1.